The van der Waals surface area contributed by atoms with Crippen molar-refractivity contribution in [2.24, 2.45) is 0 Å². The monoisotopic (exact) mass is 274 g/mol. The van der Waals surface area contributed by atoms with Crippen molar-refractivity contribution in [3.63, 3.8) is 0 Å². The normalized spacial score (nSPS) is 11.6. The molecule has 0 amide bonds. The van der Waals surface area contributed by atoms with Crippen molar-refractivity contribution in [1.29, 1.82) is 0 Å². The van der Waals surface area contributed by atoms with Crippen LogP contribution < -0.4 is 0 Å². The van der Waals surface area contributed by atoms with Crippen LogP contribution in [0.4, 0.5) is 0 Å². The SMILES string of the molecule is CSc1nc2nccc(/C=C\c3cccs3)n2n1. The summed E-state index contributed by atoms with van der Waals surface area (Å²) < 4.78 is 1.76. The van der Waals surface area contributed by atoms with E-state index in [2.05, 4.69) is 32.6 Å². The van der Waals surface area contributed by atoms with Gasteiger partial charge in [-0.3, -0.25) is 0 Å². The molecule has 0 atom stereocenters. The highest BCUT2D eigenvalue weighted by Gasteiger charge is 2.05. The van der Waals surface area contributed by atoms with Crippen LogP contribution in [0.3, 0.4) is 0 Å². The molecule has 0 aliphatic rings. The molecule has 0 N–H and O–H groups in total. The second-order valence-corrected chi connectivity index (χ2v) is 5.28. The van der Waals surface area contributed by atoms with E-state index >= 15 is 0 Å². The molecular formula is C12H10N4S2. The smallest absolute Gasteiger partial charge is 0.220 e. The largest absolute Gasteiger partial charge is 0.253 e. The number of thiophene rings is 1. The van der Waals surface area contributed by atoms with Crippen molar-refractivity contribution >= 4 is 41.0 Å². The molecule has 0 fully saturated rings. The molecule has 0 bridgehead atoms. The number of hydrogen-bond donors (Lipinski definition) is 0. The van der Waals surface area contributed by atoms with Crippen molar-refractivity contribution in [3.8, 4) is 0 Å². The van der Waals surface area contributed by atoms with Gasteiger partial charge in [0.25, 0.3) is 5.78 Å². The van der Waals surface area contributed by atoms with E-state index in [1.807, 2.05) is 24.5 Å². The van der Waals surface area contributed by atoms with Gasteiger partial charge in [0.1, 0.15) is 0 Å². The standard InChI is InChI=1S/C12H10N4S2/c1-17-12-14-11-13-7-6-9(16(11)15-12)4-5-10-3-2-8-18-10/h2-8H,1H3/b5-4-. The summed E-state index contributed by atoms with van der Waals surface area (Å²) >= 11 is 3.22. The molecule has 0 saturated heterocycles. The number of thioether (sulfide) groups is 1. The zero-order valence-electron chi connectivity index (χ0n) is 9.65. The minimum Gasteiger partial charge on any atom is -0.220 e. The van der Waals surface area contributed by atoms with Crippen molar-refractivity contribution < 1.29 is 0 Å². The van der Waals surface area contributed by atoms with Gasteiger partial charge in [-0.05, 0) is 35.9 Å². The van der Waals surface area contributed by atoms with Gasteiger partial charge in [-0.1, -0.05) is 17.8 Å². The van der Waals surface area contributed by atoms with Crippen molar-refractivity contribution in [1.82, 2.24) is 19.6 Å². The van der Waals surface area contributed by atoms with Gasteiger partial charge >= 0.3 is 0 Å². The third-order valence-electron chi connectivity index (χ3n) is 2.39. The lowest BCUT2D eigenvalue weighted by Gasteiger charge is -1.95. The van der Waals surface area contributed by atoms with Crippen molar-refractivity contribution in [2.75, 3.05) is 6.26 Å². The lowest BCUT2D eigenvalue weighted by Crippen LogP contribution is -1.94. The fraction of sp³-hybridized carbons (Fsp3) is 0.0833. The van der Waals surface area contributed by atoms with E-state index in [0.717, 1.165) is 10.9 Å². The van der Waals surface area contributed by atoms with Crippen LogP contribution in [0.25, 0.3) is 17.9 Å². The van der Waals surface area contributed by atoms with E-state index in [1.54, 1.807) is 22.0 Å². The first kappa shape index (κ1) is 11.4. The van der Waals surface area contributed by atoms with Gasteiger partial charge in [-0.15, -0.1) is 16.4 Å². The Morgan fingerprint density at radius 3 is 3.06 bits per heavy atom. The highest BCUT2D eigenvalue weighted by atomic mass is 32.2. The topological polar surface area (TPSA) is 43.1 Å². The molecule has 0 unspecified atom stereocenters. The van der Waals surface area contributed by atoms with E-state index in [4.69, 9.17) is 0 Å². The number of hydrogen-bond acceptors (Lipinski definition) is 5. The summed E-state index contributed by atoms with van der Waals surface area (Å²) in [7, 11) is 0. The van der Waals surface area contributed by atoms with Crippen LogP contribution in [0.5, 0.6) is 0 Å². The predicted molar refractivity (Wildman–Crippen MR) is 75.8 cm³/mol. The summed E-state index contributed by atoms with van der Waals surface area (Å²) in [6, 6.07) is 6.04. The molecule has 90 valence electrons. The minimum atomic E-state index is 0.632. The molecule has 0 radical (unpaired) electrons. The highest BCUT2D eigenvalue weighted by Crippen LogP contribution is 2.15. The van der Waals surface area contributed by atoms with E-state index in [-0.39, 0.29) is 0 Å². The Hall–Kier alpha value is -1.66. The summed E-state index contributed by atoms with van der Waals surface area (Å²) in [6.07, 6.45) is 7.80. The minimum absolute atomic E-state index is 0.632. The molecule has 3 aromatic heterocycles. The van der Waals surface area contributed by atoms with Crippen LogP contribution in [-0.4, -0.2) is 25.8 Å². The zero-order chi connectivity index (χ0) is 12.4. The van der Waals surface area contributed by atoms with E-state index in [9.17, 15) is 0 Å². The summed E-state index contributed by atoms with van der Waals surface area (Å²) in [6.45, 7) is 0. The Kier molecular flexibility index (Phi) is 3.12. The Balaban J connectivity index is 2.03. The quantitative estimate of drug-likeness (QED) is 0.688. The molecule has 3 aromatic rings. The van der Waals surface area contributed by atoms with Crippen LogP contribution in [0.15, 0.2) is 34.9 Å². The second kappa shape index (κ2) is 4.91. The first-order valence-electron chi connectivity index (χ1n) is 5.34. The lowest BCUT2D eigenvalue weighted by molar-refractivity contribution is 0.872. The fourth-order valence-corrected chi connectivity index (χ4v) is 2.51. The van der Waals surface area contributed by atoms with Crippen molar-refractivity contribution in [2.45, 2.75) is 5.16 Å². The maximum atomic E-state index is 4.39. The average molecular weight is 274 g/mol. The zero-order valence-corrected chi connectivity index (χ0v) is 11.3. The molecule has 0 aliphatic carbocycles. The van der Waals surface area contributed by atoms with Crippen LogP contribution >= 0.6 is 23.1 Å². The van der Waals surface area contributed by atoms with Crippen molar-refractivity contribution in [3.05, 3.63) is 40.3 Å². The molecule has 0 spiro atoms. The van der Waals surface area contributed by atoms with Crippen LogP contribution in [0.2, 0.25) is 0 Å². The van der Waals surface area contributed by atoms with Gasteiger partial charge in [0, 0.05) is 11.1 Å². The molecule has 3 heterocycles. The maximum Gasteiger partial charge on any atom is 0.253 e. The summed E-state index contributed by atoms with van der Waals surface area (Å²) in [4.78, 5) is 9.72. The summed E-state index contributed by atoms with van der Waals surface area (Å²) in [5.41, 5.74) is 0.973. The number of fused-ring (bicyclic) bond motifs is 1. The molecule has 18 heavy (non-hydrogen) atoms. The van der Waals surface area contributed by atoms with Gasteiger partial charge in [0.2, 0.25) is 5.16 Å². The van der Waals surface area contributed by atoms with Gasteiger partial charge in [0.15, 0.2) is 0 Å². The molecule has 6 heteroatoms. The molecule has 0 aliphatic heterocycles. The Morgan fingerprint density at radius 1 is 1.33 bits per heavy atom. The Morgan fingerprint density at radius 2 is 2.28 bits per heavy atom. The molecular weight excluding hydrogens is 264 g/mol. The number of rotatable bonds is 3. The Bertz CT molecular complexity index is 685. The van der Waals surface area contributed by atoms with Gasteiger partial charge in [-0.25, -0.2) is 4.98 Å². The average Bonchev–Trinajstić information content (AvgIpc) is 3.04. The molecule has 4 nitrogen and oxygen atoms in total. The summed E-state index contributed by atoms with van der Waals surface area (Å²) in [5, 5.41) is 7.18. The first-order valence-corrected chi connectivity index (χ1v) is 7.44. The third kappa shape index (κ3) is 2.16. The lowest BCUT2D eigenvalue weighted by atomic mass is 10.3. The molecule has 0 aromatic carbocycles. The molecule has 0 saturated carbocycles. The maximum absolute atomic E-state index is 4.39. The van der Waals surface area contributed by atoms with E-state index in [0.29, 0.717) is 5.78 Å². The van der Waals surface area contributed by atoms with Crippen LogP contribution in [0.1, 0.15) is 10.6 Å². The number of aromatic nitrogens is 4. The number of nitrogens with zero attached hydrogens (tertiary/aromatic N) is 4. The van der Waals surface area contributed by atoms with Crippen LogP contribution in [0, 0.1) is 0 Å². The second-order valence-electron chi connectivity index (χ2n) is 3.53. The van der Waals surface area contributed by atoms with Crippen LogP contribution in [-0.2, 0) is 0 Å². The first-order chi connectivity index (χ1) is 8.86. The molecule has 3 rings (SSSR count). The third-order valence-corrected chi connectivity index (χ3v) is 3.77. The summed E-state index contributed by atoms with van der Waals surface area (Å²) in [5.74, 6) is 0.632. The van der Waals surface area contributed by atoms with Gasteiger partial charge in [-0.2, -0.15) is 9.50 Å². The van der Waals surface area contributed by atoms with E-state index < -0.39 is 0 Å². The fourth-order valence-electron chi connectivity index (χ4n) is 1.56. The Labute approximate surface area is 112 Å². The highest BCUT2D eigenvalue weighted by molar-refractivity contribution is 7.98. The predicted octanol–water partition coefficient (Wildman–Crippen LogP) is 3.08. The van der Waals surface area contributed by atoms with Gasteiger partial charge < -0.3 is 0 Å². The van der Waals surface area contributed by atoms with E-state index in [1.165, 1.54) is 16.6 Å². The van der Waals surface area contributed by atoms with Gasteiger partial charge in [0.05, 0.1) is 5.69 Å².